The van der Waals surface area contributed by atoms with Crippen molar-refractivity contribution >= 4 is 21.1 Å². The standard InChI is InChI=1S/2C8H17O3.Sn/c2*1-3-4-10-7-8-11-6-5-9-2;/h2*1,3-8H2,2H3;. The molecule has 23 heavy (non-hydrogen) atoms. The minimum atomic E-state index is -0.211. The Bertz CT molecular complexity index is 189. The van der Waals surface area contributed by atoms with Crippen LogP contribution in [0.3, 0.4) is 0 Å². The molecule has 0 spiro atoms. The van der Waals surface area contributed by atoms with Crippen LogP contribution < -0.4 is 0 Å². The van der Waals surface area contributed by atoms with E-state index in [9.17, 15) is 0 Å². The van der Waals surface area contributed by atoms with Crippen LogP contribution in [0.4, 0.5) is 0 Å². The van der Waals surface area contributed by atoms with Crippen LogP contribution in [-0.2, 0) is 28.4 Å². The van der Waals surface area contributed by atoms with Gasteiger partial charge in [-0.25, -0.2) is 0 Å². The van der Waals surface area contributed by atoms with E-state index >= 15 is 0 Å². The molecule has 138 valence electrons. The number of rotatable bonds is 20. The van der Waals surface area contributed by atoms with E-state index in [1.165, 1.54) is 21.7 Å². The Morgan fingerprint density at radius 2 is 0.826 bits per heavy atom. The molecule has 0 aromatic carbocycles. The third-order valence-electron chi connectivity index (χ3n) is 2.89. The van der Waals surface area contributed by atoms with Gasteiger partial charge in [0.15, 0.2) is 0 Å². The summed E-state index contributed by atoms with van der Waals surface area (Å²) in [6.07, 6.45) is 2.39. The van der Waals surface area contributed by atoms with Crippen LogP contribution >= 0.6 is 0 Å². The van der Waals surface area contributed by atoms with E-state index in [1.54, 1.807) is 14.2 Å². The molecule has 0 saturated heterocycles. The zero-order valence-electron chi connectivity index (χ0n) is 14.8. The monoisotopic (exact) mass is 442 g/mol. The average Bonchev–Trinajstić information content (AvgIpc) is 2.57. The summed E-state index contributed by atoms with van der Waals surface area (Å²) in [5, 5.41) is 0. The van der Waals surface area contributed by atoms with Gasteiger partial charge in [-0.05, 0) is 0 Å². The van der Waals surface area contributed by atoms with Crippen molar-refractivity contribution in [1.82, 2.24) is 0 Å². The number of methoxy groups -OCH3 is 2. The van der Waals surface area contributed by atoms with Crippen LogP contribution in [0.2, 0.25) is 8.87 Å². The average molecular weight is 441 g/mol. The van der Waals surface area contributed by atoms with E-state index in [0.717, 1.165) is 13.2 Å². The van der Waals surface area contributed by atoms with Gasteiger partial charge in [0.2, 0.25) is 0 Å². The van der Waals surface area contributed by atoms with Crippen LogP contribution in [-0.4, -0.2) is 101 Å². The van der Waals surface area contributed by atoms with Crippen molar-refractivity contribution in [2.24, 2.45) is 0 Å². The zero-order valence-corrected chi connectivity index (χ0v) is 17.7. The van der Waals surface area contributed by atoms with E-state index in [2.05, 4.69) is 0 Å². The molecule has 0 rings (SSSR count). The Hall–Kier alpha value is 0.559. The molecule has 0 atom stereocenters. The maximum atomic E-state index is 5.53. The Morgan fingerprint density at radius 3 is 1.22 bits per heavy atom. The van der Waals surface area contributed by atoms with Crippen LogP contribution in [0.25, 0.3) is 0 Å². The summed E-state index contributed by atoms with van der Waals surface area (Å²) in [6.45, 7) is 7.03. The topological polar surface area (TPSA) is 55.4 Å². The third kappa shape index (κ3) is 22.6. The van der Waals surface area contributed by atoms with E-state index in [4.69, 9.17) is 28.4 Å². The van der Waals surface area contributed by atoms with Gasteiger partial charge < -0.3 is 0 Å². The quantitative estimate of drug-likeness (QED) is 0.212. The molecule has 0 aliphatic rings. The molecule has 0 saturated carbocycles. The van der Waals surface area contributed by atoms with Crippen molar-refractivity contribution in [2.75, 3.05) is 80.3 Å². The predicted octanol–water partition coefficient (Wildman–Crippen LogP) is 1.67. The second-order valence-corrected chi connectivity index (χ2v) is 9.17. The number of hydrogen-bond donors (Lipinski definition) is 0. The summed E-state index contributed by atoms with van der Waals surface area (Å²) >= 11 is -0.211. The summed E-state index contributed by atoms with van der Waals surface area (Å²) in [6, 6.07) is 0. The Balaban J connectivity index is 2.92. The maximum absolute atomic E-state index is 5.53. The molecule has 0 aromatic rings. The SMILES string of the molecule is COCCOCCOCC[CH2][Sn][CH2]CCOCCOCCOC. The van der Waals surface area contributed by atoms with Crippen molar-refractivity contribution in [3.05, 3.63) is 0 Å². The third-order valence-corrected chi connectivity index (χ3v) is 6.93. The normalized spacial score (nSPS) is 11.2. The summed E-state index contributed by atoms with van der Waals surface area (Å²) < 4.78 is 34.3. The minimum absolute atomic E-state index is 0.211. The molecule has 0 unspecified atom stereocenters. The molecule has 0 bridgehead atoms. The first-order chi connectivity index (χ1) is 11.4. The molecular weight excluding hydrogens is 407 g/mol. The van der Waals surface area contributed by atoms with E-state index in [0.29, 0.717) is 52.9 Å². The van der Waals surface area contributed by atoms with E-state index < -0.39 is 0 Å². The zero-order chi connectivity index (χ0) is 16.8. The van der Waals surface area contributed by atoms with Gasteiger partial charge in [0, 0.05) is 0 Å². The van der Waals surface area contributed by atoms with Gasteiger partial charge in [0.05, 0.1) is 0 Å². The van der Waals surface area contributed by atoms with E-state index in [1.807, 2.05) is 0 Å². The van der Waals surface area contributed by atoms with Crippen LogP contribution in [0.15, 0.2) is 0 Å². The fraction of sp³-hybridized carbons (Fsp3) is 1.00. The Kier molecular flexibility index (Phi) is 23.1. The fourth-order valence-electron chi connectivity index (χ4n) is 1.65. The van der Waals surface area contributed by atoms with Gasteiger partial charge in [-0.3, -0.25) is 0 Å². The first kappa shape index (κ1) is 23.6. The summed E-state index contributed by atoms with van der Waals surface area (Å²) in [5.41, 5.74) is 0. The van der Waals surface area contributed by atoms with Crippen molar-refractivity contribution in [3.8, 4) is 0 Å². The molecule has 0 aromatic heterocycles. The number of hydrogen-bond acceptors (Lipinski definition) is 6. The first-order valence-electron chi connectivity index (χ1n) is 8.41. The first-order valence-corrected chi connectivity index (χ1v) is 12.4. The molecule has 0 aliphatic carbocycles. The van der Waals surface area contributed by atoms with Crippen LogP contribution in [0, 0.1) is 0 Å². The molecule has 0 N–H and O–H groups in total. The summed E-state index contributed by atoms with van der Waals surface area (Å²) in [4.78, 5) is 0. The summed E-state index contributed by atoms with van der Waals surface area (Å²) in [7, 11) is 3.35. The predicted molar refractivity (Wildman–Crippen MR) is 91.6 cm³/mol. The van der Waals surface area contributed by atoms with Gasteiger partial charge in [-0.1, -0.05) is 0 Å². The second-order valence-electron chi connectivity index (χ2n) is 4.89. The van der Waals surface area contributed by atoms with Crippen molar-refractivity contribution < 1.29 is 28.4 Å². The molecule has 0 heterocycles. The fourth-order valence-corrected chi connectivity index (χ4v) is 4.62. The van der Waals surface area contributed by atoms with Gasteiger partial charge in [-0.15, -0.1) is 0 Å². The van der Waals surface area contributed by atoms with Crippen molar-refractivity contribution in [2.45, 2.75) is 21.7 Å². The molecule has 7 heteroatoms. The summed E-state index contributed by atoms with van der Waals surface area (Å²) in [5.74, 6) is 0. The molecular formula is C16H34O6Sn. The van der Waals surface area contributed by atoms with Gasteiger partial charge >= 0.3 is 152 Å². The van der Waals surface area contributed by atoms with Gasteiger partial charge in [0.1, 0.15) is 0 Å². The Morgan fingerprint density at radius 1 is 0.478 bits per heavy atom. The molecule has 0 aliphatic heterocycles. The molecule has 6 nitrogen and oxygen atoms in total. The molecule has 0 amide bonds. The van der Waals surface area contributed by atoms with Gasteiger partial charge in [-0.2, -0.15) is 0 Å². The number of ether oxygens (including phenoxy) is 6. The van der Waals surface area contributed by atoms with Crippen molar-refractivity contribution in [3.63, 3.8) is 0 Å². The Labute approximate surface area is 151 Å². The molecule has 0 fully saturated rings. The van der Waals surface area contributed by atoms with E-state index in [-0.39, 0.29) is 21.1 Å². The van der Waals surface area contributed by atoms with Crippen LogP contribution in [0.1, 0.15) is 12.8 Å². The van der Waals surface area contributed by atoms with Crippen molar-refractivity contribution in [1.29, 1.82) is 0 Å². The van der Waals surface area contributed by atoms with Crippen LogP contribution in [0.5, 0.6) is 0 Å². The molecule has 2 radical (unpaired) electrons. The van der Waals surface area contributed by atoms with Gasteiger partial charge in [0.25, 0.3) is 0 Å². The second kappa shape index (κ2) is 22.6.